The van der Waals surface area contributed by atoms with E-state index in [9.17, 15) is 14.7 Å². The van der Waals surface area contributed by atoms with Crippen LogP contribution in [0.4, 0.5) is 0 Å². The molecule has 1 spiro atoms. The van der Waals surface area contributed by atoms with E-state index in [1.807, 2.05) is 0 Å². The van der Waals surface area contributed by atoms with Crippen LogP contribution in [0.5, 0.6) is 0 Å². The Morgan fingerprint density at radius 2 is 1.90 bits per heavy atom. The molecule has 112 valence electrons. The number of nitrogens with one attached hydrogen (secondary N) is 1. The molecule has 0 aliphatic heterocycles. The monoisotopic (exact) mass is 289 g/mol. The van der Waals surface area contributed by atoms with Crippen LogP contribution in [0.2, 0.25) is 0 Å². The van der Waals surface area contributed by atoms with E-state index in [1.54, 1.807) is 19.1 Å². The molecule has 3 rings (SSSR count). The van der Waals surface area contributed by atoms with Crippen LogP contribution in [0.25, 0.3) is 0 Å². The van der Waals surface area contributed by atoms with Crippen LogP contribution in [-0.2, 0) is 0 Å². The number of aliphatic hydroxyl groups is 1. The highest BCUT2D eigenvalue weighted by Crippen LogP contribution is 2.55. The third-order valence-electron chi connectivity index (χ3n) is 4.76. The van der Waals surface area contributed by atoms with E-state index in [0.29, 0.717) is 11.1 Å². The van der Waals surface area contributed by atoms with Gasteiger partial charge in [0.2, 0.25) is 0 Å². The first-order chi connectivity index (χ1) is 9.88. The van der Waals surface area contributed by atoms with Crippen molar-refractivity contribution in [1.82, 2.24) is 5.32 Å². The van der Waals surface area contributed by atoms with Gasteiger partial charge in [-0.3, -0.25) is 4.79 Å². The minimum Gasteiger partial charge on any atom is -0.478 e. The number of carbonyl (C=O) groups is 2. The standard InChI is InChI=1S/C16H19NO4/c1-9-2-3-10(4-13(9)15(20)21)14(19)17-11-5-16(6-11)7-12(18)8-16/h2-4,11-12,18H,5-8H2,1H3,(H,17,19)(H,20,21). The SMILES string of the molecule is Cc1ccc(C(=O)NC2CC3(CC(O)C3)C2)cc1C(=O)O. The molecule has 0 saturated heterocycles. The van der Waals surface area contributed by atoms with Gasteiger partial charge in [-0.05, 0) is 55.7 Å². The van der Waals surface area contributed by atoms with Crippen molar-refractivity contribution in [2.45, 2.75) is 44.8 Å². The van der Waals surface area contributed by atoms with Gasteiger partial charge in [-0.25, -0.2) is 4.79 Å². The van der Waals surface area contributed by atoms with Gasteiger partial charge in [0, 0.05) is 11.6 Å². The third-order valence-corrected chi connectivity index (χ3v) is 4.76. The maximum absolute atomic E-state index is 12.2. The summed E-state index contributed by atoms with van der Waals surface area (Å²) < 4.78 is 0. The third kappa shape index (κ3) is 2.53. The number of carboxylic acid groups (broad SMARTS) is 1. The molecule has 0 unspecified atom stereocenters. The lowest BCUT2D eigenvalue weighted by Gasteiger charge is -2.56. The molecule has 0 radical (unpaired) electrons. The van der Waals surface area contributed by atoms with Crippen molar-refractivity contribution in [3.63, 3.8) is 0 Å². The minimum atomic E-state index is -1.02. The Balaban J connectivity index is 1.62. The van der Waals surface area contributed by atoms with Crippen molar-refractivity contribution in [2.24, 2.45) is 5.41 Å². The second kappa shape index (κ2) is 4.84. The molecule has 0 heterocycles. The van der Waals surface area contributed by atoms with Crippen molar-refractivity contribution in [3.8, 4) is 0 Å². The summed E-state index contributed by atoms with van der Waals surface area (Å²) in [5.74, 6) is -1.24. The molecule has 21 heavy (non-hydrogen) atoms. The molecule has 5 nitrogen and oxygen atoms in total. The quantitative estimate of drug-likeness (QED) is 0.791. The lowest BCUT2D eigenvalue weighted by molar-refractivity contribution is -0.0949. The van der Waals surface area contributed by atoms with Crippen LogP contribution in [0.1, 0.15) is 52.0 Å². The molecule has 0 aromatic heterocycles. The molecule has 2 aliphatic rings. The molecule has 0 atom stereocenters. The zero-order chi connectivity index (χ0) is 15.2. The van der Waals surface area contributed by atoms with Gasteiger partial charge in [-0.2, -0.15) is 0 Å². The number of aryl methyl sites for hydroxylation is 1. The summed E-state index contributed by atoms with van der Waals surface area (Å²) in [6.45, 7) is 1.71. The number of aromatic carboxylic acids is 1. The highest BCUT2D eigenvalue weighted by molar-refractivity contribution is 5.98. The van der Waals surface area contributed by atoms with Gasteiger partial charge in [0.25, 0.3) is 5.91 Å². The van der Waals surface area contributed by atoms with Gasteiger partial charge in [-0.15, -0.1) is 0 Å². The molecule has 3 N–H and O–H groups in total. The molecule has 2 fully saturated rings. The van der Waals surface area contributed by atoms with Crippen LogP contribution in [-0.4, -0.2) is 34.2 Å². The number of carboxylic acids is 1. The molecule has 1 amide bonds. The summed E-state index contributed by atoms with van der Waals surface area (Å²) in [6, 6.07) is 4.87. The zero-order valence-corrected chi connectivity index (χ0v) is 11.9. The molecule has 1 aromatic carbocycles. The second-order valence-electron chi connectivity index (χ2n) is 6.48. The van der Waals surface area contributed by atoms with Gasteiger partial charge in [0.15, 0.2) is 0 Å². The van der Waals surface area contributed by atoms with Crippen molar-refractivity contribution in [1.29, 1.82) is 0 Å². The van der Waals surface area contributed by atoms with Crippen LogP contribution in [0.15, 0.2) is 18.2 Å². The Morgan fingerprint density at radius 3 is 2.48 bits per heavy atom. The number of aliphatic hydroxyl groups excluding tert-OH is 1. The largest absolute Gasteiger partial charge is 0.478 e. The fourth-order valence-corrected chi connectivity index (χ4v) is 3.62. The normalized spacial score (nSPS) is 30.4. The topological polar surface area (TPSA) is 86.6 Å². The summed E-state index contributed by atoms with van der Waals surface area (Å²) in [6.07, 6.45) is 3.33. The predicted octanol–water partition coefficient (Wildman–Crippen LogP) is 1.73. The fraction of sp³-hybridized carbons (Fsp3) is 0.500. The summed E-state index contributed by atoms with van der Waals surface area (Å²) >= 11 is 0. The second-order valence-corrected chi connectivity index (χ2v) is 6.48. The Bertz CT molecular complexity index is 596. The molecule has 2 aliphatic carbocycles. The number of carbonyl (C=O) groups excluding carboxylic acids is 1. The maximum Gasteiger partial charge on any atom is 0.335 e. The molecule has 5 heteroatoms. The van der Waals surface area contributed by atoms with Crippen LogP contribution in [0.3, 0.4) is 0 Å². The summed E-state index contributed by atoms with van der Waals surface area (Å²) in [7, 11) is 0. The summed E-state index contributed by atoms with van der Waals surface area (Å²) in [4.78, 5) is 23.3. The van der Waals surface area contributed by atoms with E-state index < -0.39 is 5.97 Å². The number of amides is 1. The first-order valence-electron chi connectivity index (χ1n) is 7.21. The molecular weight excluding hydrogens is 270 g/mol. The Labute approximate surface area is 123 Å². The first kappa shape index (κ1) is 14.1. The smallest absolute Gasteiger partial charge is 0.335 e. The Morgan fingerprint density at radius 1 is 1.24 bits per heavy atom. The van der Waals surface area contributed by atoms with E-state index in [1.165, 1.54) is 6.07 Å². The number of hydrogen-bond donors (Lipinski definition) is 3. The van der Waals surface area contributed by atoms with Crippen LogP contribution < -0.4 is 5.32 Å². The minimum absolute atomic E-state index is 0.139. The van der Waals surface area contributed by atoms with Gasteiger partial charge < -0.3 is 15.5 Å². The van der Waals surface area contributed by atoms with E-state index >= 15 is 0 Å². The van der Waals surface area contributed by atoms with Crippen molar-refractivity contribution in [3.05, 3.63) is 34.9 Å². The Kier molecular flexibility index (Phi) is 3.24. The number of hydrogen-bond acceptors (Lipinski definition) is 3. The Hall–Kier alpha value is -1.88. The fourth-order valence-electron chi connectivity index (χ4n) is 3.62. The lowest BCUT2D eigenvalue weighted by atomic mass is 9.53. The van der Waals surface area contributed by atoms with Crippen LogP contribution in [0, 0.1) is 12.3 Å². The van der Waals surface area contributed by atoms with Gasteiger partial charge in [0.05, 0.1) is 11.7 Å². The number of rotatable bonds is 3. The number of benzene rings is 1. The molecular formula is C16H19NO4. The van der Waals surface area contributed by atoms with E-state index in [0.717, 1.165) is 25.7 Å². The average Bonchev–Trinajstić information content (AvgIpc) is 2.34. The zero-order valence-electron chi connectivity index (χ0n) is 11.9. The van der Waals surface area contributed by atoms with Gasteiger partial charge >= 0.3 is 5.97 Å². The van der Waals surface area contributed by atoms with Crippen molar-refractivity contribution < 1.29 is 19.8 Å². The van der Waals surface area contributed by atoms with Crippen molar-refractivity contribution >= 4 is 11.9 Å². The van der Waals surface area contributed by atoms with Crippen molar-refractivity contribution in [2.75, 3.05) is 0 Å². The van der Waals surface area contributed by atoms with E-state index in [2.05, 4.69) is 5.32 Å². The highest BCUT2D eigenvalue weighted by atomic mass is 16.4. The van der Waals surface area contributed by atoms with E-state index in [4.69, 9.17) is 5.11 Å². The molecule has 1 aromatic rings. The lowest BCUT2D eigenvalue weighted by Crippen LogP contribution is -2.57. The van der Waals surface area contributed by atoms with Gasteiger partial charge in [0.1, 0.15) is 0 Å². The summed E-state index contributed by atoms with van der Waals surface area (Å²) in [5, 5.41) is 21.4. The molecule has 0 bridgehead atoms. The first-order valence-corrected chi connectivity index (χ1v) is 7.21. The van der Waals surface area contributed by atoms with Crippen LogP contribution >= 0.6 is 0 Å². The highest BCUT2D eigenvalue weighted by Gasteiger charge is 2.52. The average molecular weight is 289 g/mol. The maximum atomic E-state index is 12.2. The molecule has 2 saturated carbocycles. The van der Waals surface area contributed by atoms with E-state index in [-0.39, 0.29) is 29.0 Å². The predicted molar refractivity (Wildman–Crippen MR) is 76.3 cm³/mol. The summed E-state index contributed by atoms with van der Waals surface area (Å²) in [5.41, 5.74) is 1.43. The van der Waals surface area contributed by atoms with Gasteiger partial charge in [-0.1, -0.05) is 6.07 Å².